The Morgan fingerprint density at radius 2 is 1.61 bits per heavy atom. The molecule has 1 saturated heterocycles. The highest BCUT2D eigenvalue weighted by molar-refractivity contribution is 5.76. The van der Waals surface area contributed by atoms with E-state index in [-0.39, 0.29) is 12.8 Å². The summed E-state index contributed by atoms with van der Waals surface area (Å²) in [5.41, 5.74) is 1.57. The number of esters is 1. The van der Waals surface area contributed by atoms with Crippen molar-refractivity contribution in [1.29, 1.82) is 0 Å². The van der Waals surface area contributed by atoms with Gasteiger partial charge in [-0.25, -0.2) is 0 Å². The van der Waals surface area contributed by atoms with Gasteiger partial charge in [0.2, 0.25) is 12.5 Å². The molecule has 0 amide bonds. The van der Waals surface area contributed by atoms with E-state index in [9.17, 15) is 4.79 Å². The molecule has 1 fully saturated rings. The Hall–Kier alpha value is -3.43. The highest BCUT2D eigenvalue weighted by Gasteiger charge is 2.39. The van der Waals surface area contributed by atoms with E-state index in [4.69, 9.17) is 37.9 Å². The van der Waals surface area contributed by atoms with E-state index in [0.29, 0.717) is 48.4 Å². The van der Waals surface area contributed by atoms with Crippen LogP contribution in [-0.2, 0) is 19.0 Å². The summed E-state index contributed by atoms with van der Waals surface area (Å²) in [4.78, 5) is 13.8. The van der Waals surface area contributed by atoms with Gasteiger partial charge in [0, 0.05) is 11.5 Å². The second-order valence-electron chi connectivity index (χ2n) is 10.0. The fourth-order valence-electron chi connectivity index (χ4n) is 4.82. The lowest BCUT2D eigenvalue weighted by Gasteiger charge is -2.32. The minimum atomic E-state index is -0.689. The summed E-state index contributed by atoms with van der Waals surface area (Å²) >= 11 is 0. The van der Waals surface area contributed by atoms with Crippen LogP contribution in [0, 0.1) is 5.92 Å². The van der Waals surface area contributed by atoms with Crippen LogP contribution in [0.1, 0.15) is 56.1 Å². The SMILES string of the molecule is C=CC[C@H](C(=O)OC(C)(C)C)[C@H](c1cc(OC)c(OC)c(OC)c1)c1cc2c(cc1C1OCCO1)OCO2. The van der Waals surface area contributed by atoms with Crippen LogP contribution in [0.5, 0.6) is 28.7 Å². The van der Waals surface area contributed by atoms with Gasteiger partial charge in [-0.1, -0.05) is 6.08 Å². The molecule has 4 rings (SSSR count). The van der Waals surface area contributed by atoms with E-state index in [2.05, 4.69) is 6.58 Å². The van der Waals surface area contributed by atoms with Gasteiger partial charge in [-0.3, -0.25) is 4.79 Å². The molecular formula is C29H36O9. The van der Waals surface area contributed by atoms with Crippen molar-refractivity contribution in [1.82, 2.24) is 0 Å². The number of rotatable bonds is 10. The molecule has 206 valence electrons. The predicted molar refractivity (Wildman–Crippen MR) is 139 cm³/mol. The van der Waals surface area contributed by atoms with Gasteiger partial charge in [0.05, 0.1) is 40.5 Å². The number of carbonyl (C=O) groups excluding carboxylic acids is 1. The van der Waals surface area contributed by atoms with Gasteiger partial charge in [-0.2, -0.15) is 0 Å². The molecule has 0 spiro atoms. The van der Waals surface area contributed by atoms with Crippen LogP contribution in [0.2, 0.25) is 0 Å². The normalized spacial score (nSPS) is 16.6. The monoisotopic (exact) mass is 528 g/mol. The molecule has 0 unspecified atom stereocenters. The van der Waals surface area contributed by atoms with Gasteiger partial charge in [-0.05, 0) is 62.6 Å². The van der Waals surface area contributed by atoms with E-state index in [1.165, 1.54) is 0 Å². The van der Waals surface area contributed by atoms with E-state index in [1.807, 2.05) is 45.0 Å². The first-order valence-electron chi connectivity index (χ1n) is 12.5. The molecule has 2 aliphatic heterocycles. The van der Waals surface area contributed by atoms with Gasteiger partial charge in [0.1, 0.15) is 5.60 Å². The smallest absolute Gasteiger partial charge is 0.310 e. The molecule has 0 saturated carbocycles. The quantitative estimate of drug-likeness (QED) is 0.307. The Balaban J connectivity index is 1.98. The maximum absolute atomic E-state index is 13.8. The maximum Gasteiger partial charge on any atom is 0.310 e. The lowest BCUT2D eigenvalue weighted by atomic mass is 9.76. The van der Waals surface area contributed by atoms with Crippen LogP contribution in [0.15, 0.2) is 36.9 Å². The van der Waals surface area contributed by atoms with Gasteiger partial charge in [-0.15, -0.1) is 6.58 Å². The van der Waals surface area contributed by atoms with Gasteiger partial charge in [0.15, 0.2) is 29.3 Å². The summed E-state index contributed by atoms with van der Waals surface area (Å²) < 4.78 is 46.0. The third-order valence-corrected chi connectivity index (χ3v) is 6.37. The molecule has 2 atom stereocenters. The summed E-state index contributed by atoms with van der Waals surface area (Å²) in [7, 11) is 4.65. The van der Waals surface area contributed by atoms with Crippen molar-refractivity contribution < 1.29 is 42.7 Å². The first-order valence-corrected chi connectivity index (χ1v) is 12.5. The standard InChI is InChI=1S/C29H36O9/c1-8-9-18(27(30)38-29(2,3)4)25(17-12-23(31-5)26(33-7)24(13-17)32-6)19-14-21-22(37-16-36-21)15-20(19)28-34-10-11-35-28/h8,12-15,18,25,28H,1,9-11,16H2,2-7H3/t18-,25-/m0/s1. The molecule has 0 aliphatic carbocycles. The summed E-state index contributed by atoms with van der Waals surface area (Å²) in [5, 5.41) is 0. The van der Waals surface area contributed by atoms with Crippen molar-refractivity contribution in [3.63, 3.8) is 0 Å². The van der Waals surface area contributed by atoms with E-state index >= 15 is 0 Å². The predicted octanol–water partition coefficient (Wildman–Crippen LogP) is 5.15. The van der Waals surface area contributed by atoms with Crippen molar-refractivity contribution in [2.24, 2.45) is 5.92 Å². The average molecular weight is 529 g/mol. The molecule has 38 heavy (non-hydrogen) atoms. The molecule has 2 aromatic rings. The third-order valence-electron chi connectivity index (χ3n) is 6.37. The van der Waals surface area contributed by atoms with Gasteiger partial charge in [0.25, 0.3) is 0 Å². The van der Waals surface area contributed by atoms with Gasteiger partial charge < -0.3 is 37.9 Å². The fourth-order valence-corrected chi connectivity index (χ4v) is 4.82. The summed E-state index contributed by atoms with van der Waals surface area (Å²) in [6, 6.07) is 7.43. The zero-order chi connectivity index (χ0) is 27.4. The molecule has 0 N–H and O–H groups in total. The lowest BCUT2D eigenvalue weighted by molar-refractivity contribution is -0.160. The van der Waals surface area contributed by atoms with Crippen LogP contribution in [0.4, 0.5) is 0 Å². The van der Waals surface area contributed by atoms with Crippen LogP contribution in [-0.4, -0.2) is 52.9 Å². The zero-order valence-corrected chi connectivity index (χ0v) is 22.8. The second kappa shape index (κ2) is 11.5. The van der Waals surface area contributed by atoms with Crippen LogP contribution in [0.25, 0.3) is 0 Å². The molecule has 0 aromatic heterocycles. The first-order chi connectivity index (χ1) is 18.2. The molecule has 2 aliphatic rings. The number of benzene rings is 2. The molecule has 2 heterocycles. The summed E-state index contributed by atoms with van der Waals surface area (Å²) in [6.07, 6.45) is 1.43. The molecule has 2 aromatic carbocycles. The minimum Gasteiger partial charge on any atom is -0.493 e. The Morgan fingerprint density at radius 1 is 1.00 bits per heavy atom. The summed E-state index contributed by atoms with van der Waals surface area (Å²) in [5.74, 6) is 0.957. The molecular weight excluding hydrogens is 492 g/mol. The highest BCUT2D eigenvalue weighted by Crippen LogP contribution is 2.49. The minimum absolute atomic E-state index is 0.0988. The topological polar surface area (TPSA) is 90.9 Å². The number of allylic oxidation sites excluding steroid dienone is 1. The fraction of sp³-hybridized carbons (Fsp3) is 0.483. The zero-order valence-electron chi connectivity index (χ0n) is 22.8. The summed E-state index contributed by atoms with van der Waals surface area (Å²) in [6.45, 7) is 10.5. The van der Waals surface area contributed by atoms with Gasteiger partial charge >= 0.3 is 5.97 Å². The Kier molecular flexibility index (Phi) is 8.38. The molecule has 9 heteroatoms. The van der Waals surface area contributed by atoms with Crippen LogP contribution in [0.3, 0.4) is 0 Å². The number of ether oxygens (including phenoxy) is 8. The number of carbonyl (C=O) groups is 1. The lowest BCUT2D eigenvalue weighted by Crippen LogP contribution is -2.32. The Bertz CT molecular complexity index is 1140. The van der Waals surface area contributed by atoms with Crippen molar-refractivity contribution in [2.45, 2.75) is 45.0 Å². The van der Waals surface area contributed by atoms with Crippen molar-refractivity contribution in [3.8, 4) is 28.7 Å². The van der Waals surface area contributed by atoms with E-state index < -0.39 is 23.7 Å². The highest BCUT2D eigenvalue weighted by atomic mass is 16.7. The number of hydrogen-bond acceptors (Lipinski definition) is 9. The largest absolute Gasteiger partial charge is 0.493 e. The van der Waals surface area contributed by atoms with E-state index in [1.54, 1.807) is 27.4 Å². The van der Waals surface area contributed by atoms with Crippen molar-refractivity contribution in [2.75, 3.05) is 41.3 Å². The first kappa shape index (κ1) is 27.6. The van der Waals surface area contributed by atoms with Crippen molar-refractivity contribution >= 4 is 5.97 Å². The number of methoxy groups -OCH3 is 3. The number of hydrogen-bond donors (Lipinski definition) is 0. The Morgan fingerprint density at radius 3 is 2.13 bits per heavy atom. The third kappa shape index (κ3) is 5.68. The molecule has 0 radical (unpaired) electrons. The number of fused-ring (bicyclic) bond motifs is 1. The molecule has 9 nitrogen and oxygen atoms in total. The second-order valence-corrected chi connectivity index (χ2v) is 10.0. The van der Waals surface area contributed by atoms with Crippen LogP contribution < -0.4 is 23.7 Å². The van der Waals surface area contributed by atoms with Crippen molar-refractivity contribution in [3.05, 3.63) is 53.6 Å². The van der Waals surface area contributed by atoms with E-state index in [0.717, 1.165) is 16.7 Å². The Labute approximate surface area is 223 Å². The van der Waals surface area contributed by atoms with Crippen LogP contribution >= 0.6 is 0 Å². The maximum atomic E-state index is 13.8. The average Bonchev–Trinajstić information content (AvgIpc) is 3.58. The molecule has 0 bridgehead atoms.